The Morgan fingerprint density at radius 3 is 2.73 bits per heavy atom. The number of nitrogens with zero attached hydrogens (tertiary/aromatic N) is 6. The second kappa shape index (κ2) is 7.25. The lowest BCUT2D eigenvalue weighted by Gasteiger charge is -2.34. The maximum Gasteiger partial charge on any atom is 0.224 e. The Morgan fingerprint density at radius 1 is 1.15 bits per heavy atom. The quantitative estimate of drug-likeness (QED) is 0.690. The predicted octanol–water partition coefficient (Wildman–Crippen LogP) is 1.46. The van der Waals surface area contributed by atoms with Gasteiger partial charge in [0.05, 0.1) is 18.3 Å². The van der Waals surface area contributed by atoms with Gasteiger partial charge >= 0.3 is 0 Å². The van der Waals surface area contributed by atoms with Crippen molar-refractivity contribution in [3.63, 3.8) is 0 Å². The predicted molar refractivity (Wildman–Crippen MR) is 95.2 cm³/mol. The van der Waals surface area contributed by atoms with Crippen molar-refractivity contribution in [3.05, 3.63) is 41.9 Å². The third kappa shape index (κ3) is 3.45. The zero-order valence-corrected chi connectivity index (χ0v) is 14.8. The van der Waals surface area contributed by atoms with Crippen molar-refractivity contribution in [2.24, 2.45) is 0 Å². The molecule has 0 bridgehead atoms. The van der Waals surface area contributed by atoms with E-state index < -0.39 is 0 Å². The Labute approximate surface area is 151 Å². The molecule has 0 N–H and O–H groups in total. The molecule has 4 rings (SSSR count). The van der Waals surface area contributed by atoms with Crippen LogP contribution in [0.1, 0.15) is 17.8 Å². The van der Waals surface area contributed by atoms with Crippen molar-refractivity contribution in [2.45, 2.75) is 26.4 Å². The number of amides is 1. The van der Waals surface area contributed by atoms with Crippen molar-refractivity contribution < 1.29 is 9.42 Å². The number of piperazine rings is 1. The summed E-state index contributed by atoms with van der Waals surface area (Å²) in [5.74, 6) is 0.184. The van der Waals surface area contributed by atoms with Gasteiger partial charge in [-0.2, -0.15) is 5.10 Å². The lowest BCUT2D eigenvalue weighted by molar-refractivity contribution is -0.133. The molecule has 8 nitrogen and oxygen atoms in total. The Morgan fingerprint density at radius 2 is 1.96 bits per heavy atom. The lowest BCUT2D eigenvalue weighted by Crippen LogP contribution is -2.48. The van der Waals surface area contributed by atoms with E-state index in [9.17, 15) is 4.79 Å². The maximum atomic E-state index is 12.5. The summed E-state index contributed by atoms with van der Waals surface area (Å²) < 4.78 is 6.65. The fraction of sp³-hybridized carbons (Fsp3) is 0.444. The van der Waals surface area contributed by atoms with Gasteiger partial charge in [0.2, 0.25) is 5.91 Å². The van der Waals surface area contributed by atoms with Gasteiger partial charge < -0.3 is 4.90 Å². The number of hydrogen-bond donors (Lipinski definition) is 0. The summed E-state index contributed by atoms with van der Waals surface area (Å²) >= 11 is 0. The van der Waals surface area contributed by atoms with Crippen LogP contribution in [-0.2, 0) is 17.9 Å². The number of carbonyl (C=O) groups excluding carboxylic acids is 1. The number of para-hydroxylation sites is 1. The van der Waals surface area contributed by atoms with E-state index >= 15 is 0 Å². The molecule has 0 atom stereocenters. The van der Waals surface area contributed by atoms with Crippen LogP contribution in [0.2, 0.25) is 0 Å². The van der Waals surface area contributed by atoms with Crippen molar-refractivity contribution in [2.75, 3.05) is 26.2 Å². The first kappa shape index (κ1) is 16.7. The molecule has 0 radical (unpaired) electrons. The zero-order valence-electron chi connectivity index (χ0n) is 14.8. The van der Waals surface area contributed by atoms with Crippen molar-refractivity contribution >= 4 is 16.8 Å². The van der Waals surface area contributed by atoms with Gasteiger partial charge in [0.1, 0.15) is 11.4 Å². The van der Waals surface area contributed by atoms with Crippen molar-refractivity contribution in [3.8, 4) is 0 Å². The minimum absolute atomic E-state index is 0.184. The number of fused-ring (bicyclic) bond motifs is 1. The molecule has 1 saturated heterocycles. The van der Waals surface area contributed by atoms with E-state index in [2.05, 4.69) is 20.3 Å². The Kier molecular flexibility index (Phi) is 4.66. The highest BCUT2D eigenvalue weighted by Gasteiger charge is 2.22. The molecular formula is C18H22N6O2. The smallest absolute Gasteiger partial charge is 0.224 e. The average Bonchev–Trinajstić information content (AvgIpc) is 3.27. The van der Waals surface area contributed by atoms with Gasteiger partial charge in [-0.05, 0) is 13.0 Å². The minimum atomic E-state index is 0.184. The monoisotopic (exact) mass is 354 g/mol. The van der Waals surface area contributed by atoms with Gasteiger partial charge in [-0.25, -0.2) is 4.63 Å². The Bertz CT molecular complexity index is 894. The van der Waals surface area contributed by atoms with Crippen molar-refractivity contribution in [1.82, 2.24) is 29.9 Å². The molecule has 1 aliphatic heterocycles. The number of benzene rings is 1. The van der Waals surface area contributed by atoms with Crippen LogP contribution in [0, 0.1) is 6.92 Å². The molecule has 1 aliphatic rings. The fourth-order valence-corrected chi connectivity index (χ4v) is 3.32. The number of rotatable bonds is 5. The molecule has 1 amide bonds. The molecule has 8 heteroatoms. The van der Waals surface area contributed by atoms with E-state index in [1.807, 2.05) is 47.0 Å². The lowest BCUT2D eigenvalue weighted by atomic mass is 10.2. The first-order chi connectivity index (χ1) is 12.7. The van der Waals surface area contributed by atoms with Crippen LogP contribution in [0.25, 0.3) is 10.9 Å². The van der Waals surface area contributed by atoms with Crippen LogP contribution in [0.5, 0.6) is 0 Å². The second-order valence-electron chi connectivity index (χ2n) is 6.63. The fourth-order valence-electron chi connectivity index (χ4n) is 3.32. The van der Waals surface area contributed by atoms with Crippen molar-refractivity contribution in [1.29, 1.82) is 0 Å². The SMILES string of the molecule is Cc1nonc1CN1CCN(C(=O)CCn2ncc3ccccc32)CC1. The van der Waals surface area contributed by atoms with Gasteiger partial charge in [0, 0.05) is 44.5 Å². The van der Waals surface area contributed by atoms with Crippen LogP contribution in [0.15, 0.2) is 35.1 Å². The highest BCUT2D eigenvalue weighted by atomic mass is 16.6. The number of aryl methyl sites for hydroxylation is 2. The number of carbonyl (C=O) groups is 1. The van der Waals surface area contributed by atoms with Crippen LogP contribution in [0.3, 0.4) is 0 Å². The molecule has 1 fully saturated rings. The molecule has 3 aromatic rings. The van der Waals surface area contributed by atoms with E-state index in [1.165, 1.54) is 0 Å². The van der Waals surface area contributed by atoms with Gasteiger partial charge in [-0.15, -0.1) is 0 Å². The normalized spacial score (nSPS) is 15.7. The van der Waals surface area contributed by atoms with E-state index in [4.69, 9.17) is 4.63 Å². The number of hydrogen-bond acceptors (Lipinski definition) is 6. The summed E-state index contributed by atoms with van der Waals surface area (Å²) in [6, 6.07) is 8.06. The molecular weight excluding hydrogens is 332 g/mol. The third-order valence-electron chi connectivity index (χ3n) is 4.93. The van der Waals surface area contributed by atoms with E-state index in [1.54, 1.807) is 0 Å². The summed E-state index contributed by atoms with van der Waals surface area (Å²) in [6.07, 6.45) is 2.32. The van der Waals surface area contributed by atoms with Gasteiger partial charge in [0.15, 0.2) is 0 Å². The van der Waals surface area contributed by atoms with Gasteiger partial charge in [0.25, 0.3) is 0 Å². The van der Waals surface area contributed by atoms with Gasteiger partial charge in [-0.3, -0.25) is 14.4 Å². The molecule has 2 aromatic heterocycles. The Balaban J connectivity index is 1.28. The van der Waals surface area contributed by atoms with Crippen LogP contribution < -0.4 is 0 Å². The first-order valence-electron chi connectivity index (χ1n) is 8.89. The molecule has 3 heterocycles. The van der Waals surface area contributed by atoms with E-state index in [-0.39, 0.29) is 5.91 Å². The van der Waals surface area contributed by atoms with E-state index in [0.29, 0.717) is 13.0 Å². The molecule has 0 saturated carbocycles. The molecule has 0 aliphatic carbocycles. The van der Waals surface area contributed by atoms with Crippen LogP contribution >= 0.6 is 0 Å². The topological polar surface area (TPSA) is 80.3 Å². The van der Waals surface area contributed by atoms with Crippen LogP contribution in [0.4, 0.5) is 0 Å². The summed E-state index contributed by atoms with van der Waals surface area (Å²) in [5, 5.41) is 13.2. The summed E-state index contributed by atoms with van der Waals surface area (Å²) in [7, 11) is 0. The highest BCUT2D eigenvalue weighted by Crippen LogP contribution is 2.14. The first-order valence-corrected chi connectivity index (χ1v) is 8.89. The molecule has 0 unspecified atom stereocenters. The Hall–Kier alpha value is -2.74. The highest BCUT2D eigenvalue weighted by molar-refractivity contribution is 5.79. The molecule has 1 aromatic carbocycles. The average molecular weight is 354 g/mol. The second-order valence-corrected chi connectivity index (χ2v) is 6.63. The standard InChI is InChI=1S/C18H22N6O2/c1-14-16(21-26-20-14)13-22-8-10-23(11-9-22)18(25)6-7-24-17-5-3-2-4-15(17)12-19-24/h2-5,12H,6-11,13H2,1H3. The molecule has 136 valence electrons. The zero-order chi connectivity index (χ0) is 17.9. The largest absolute Gasteiger partial charge is 0.340 e. The molecule has 0 spiro atoms. The van der Waals surface area contributed by atoms with Crippen LogP contribution in [-0.4, -0.2) is 62.0 Å². The minimum Gasteiger partial charge on any atom is -0.340 e. The molecule has 26 heavy (non-hydrogen) atoms. The van der Waals surface area contributed by atoms with Gasteiger partial charge in [-0.1, -0.05) is 28.5 Å². The summed E-state index contributed by atoms with van der Waals surface area (Å²) in [5.41, 5.74) is 2.77. The maximum absolute atomic E-state index is 12.5. The van der Waals surface area contributed by atoms with E-state index in [0.717, 1.165) is 55.0 Å². The summed E-state index contributed by atoms with van der Waals surface area (Å²) in [4.78, 5) is 16.8. The summed E-state index contributed by atoms with van der Waals surface area (Å²) in [6.45, 7) is 6.37. The number of aromatic nitrogens is 4. The third-order valence-corrected chi connectivity index (χ3v) is 4.93.